The average molecular weight is 277 g/mol. The normalized spacial score (nSPS) is 16.4. The fourth-order valence-corrected chi connectivity index (χ4v) is 2.28. The van der Waals surface area contributed by atoms with Crippen molar-refractivity contribution in [2.45, 2.75) is 67.2 Å². The lowest BCUT2D eigenvalue weighted by Crippen LogP contribution is -2.11. The summed E-state index contributed by atoms with van der Waals surface area (Å²) in [6.45, 7) is 21.8. The van der Waals surface area contributed by atoms with Gasteiger partial charge in [-0.15, -0.1) is 0 Å². The summed E-state index contributed by atoms with van der Waals surface area (Å²) < 4.78 is 0. The molecule has 0 heteroatoms. The maximum Gasteiger partial charge on any atom is -0.0196 e. The lowest BCUT2D eigenvalue weighted by molar-refractivity contribution is 0.306. The summed E-state index contributed by atoms with van der Waals surface area (Å²) in [6, 6.07) is 0. The van der Waals surface area contributed by atoms with E-state index in [1.54, 1.807) is 0 Å². The van der Waals surface area contributed by atoms with Crippen LogP contribution < -0.4 is 0 Å². The van der Waals surface area contributed by atoms with Crippen LogP contribution in [-0.4, -0.2) is 0 Å². The summed E-state index contributed by atoms with van der Waals surface area (Å²) in [5.74, 6) is 3.05. The predicted octanol–water partition coefficient (Wildman–Crippen LogP) is 6.80. The quantitative estimate of drug-likeness (QED) is 0.385. The van der Waals surface area contributed by atoms with Crippen molar-refractivity contribution in [2.75, 3.05) is 0 Å². The van der Waals surface area contributed by atoms with Crippen LogP contribution in [0.1, 0.15) is 67.2 Å². The summed E-state index contributed by atoms with van der Waals surface area (Å²) in [5, 5.41) is 0. The Morgan fingerprint density at radius 3 is 1.75 bits per heavy atom. The Balaban J connectivity index is 4.07. The highest BCUT2D eigenvalue weighted by atomic mass is 14.2. The van der Waals surface area contributed by atoms with E-state index in [9.17, 15) is 0 Å². The molecule has 0 aromatic carbocycles. The molecule has 0 nitrogen and oxygen atoms in total. The highest BCUT2D eigenvalue weighted by molar-refractivity contribution is 5.24. The molecule has 0 aliphatic carbocycles. The van der Waals surface area contributed by atoms with Gasteiger partial charge in [-0.2, -0.15) is 0 Å². The zero-order chi connectivity index (χ0) is 15.7. The summed E-state index contributed by atoms with van der Waals surface area (Å²) in [6.07, 6.45) is 9.46. The average Bonchev–Trinajstić information content (AvgIpc) is 2.38. The van der Waals surface area contributed by atoms with Gasteiger partial charge in [0, 0.05) is 0 Å². The Hall–Kier alpha value is -0.780. The molecule has 0 amide bonds. The van der Waals surface area contributed by atoms with Crippen molar-refractivity contribution in [1.29, 1.82) is 0 Å². The van der Waals surface area contributed by atoms with Crippen LogP contribution in [0.15, 0.2) is 36.5 Å². The zero-order valence-corrected chi connectivity index (χ0v) is 14.7. The maximum absolute atomic E-state index is 4.18. The second-order valence-electron chi connectivity index (χ2n) is 7.16. The van der Waals surface area contributed by atoms with Crippen LogP contribution in [0.4, 0.5) is 0 Å². The topological polar surface area (TPSA) is 0 Å². The van der Waals surface area contributed by atoms with Crippen LogP contribution in [0.3, 0.4) is 0 Å². The van der Waals surface area contributed by atoms with Gasteiger partial charge in [0.2, 0.25) is 0 Å². The van der Waals surface area contributed by atoms with Crippen molar-refractivity contribution in [2.24, 2.45) is 23.7 Å². The number of allylic oxidation sites excluding steroid dienone is 4. The minimum atomic E-state index is 0.574. The molecular weight excluding hydrogens is 240 g/mol. The largest absolute Gasteiger partial charge is 0.0961 e. The third-order valence-corrected chi connectivity index (χ3v) is 4.44. The lowest BCUT2D eigenvalue weighted by atomic mass is 9.83. The molecule has 0 saturated carbocycles. The van der Waals surface area contributed by atoms with Gasteiger partial charge in [-0.05, 0) is 43.4 Å². The molecule has 0 fully saturated rings. The third kappa shape index (κ3) is 9.18. The van der Waals surface area contributed by atoms with E-state index in [1.165, 1.54) is 31.3 Å². The monoisotopic (exact) mass is 276 g/mol. The van der Waals surface area contributed by atoms with Gasteiger partial charge in [0.15, 0.2) is 0 Å². The molecule has 0 saturated heterocycles. The standard InChI is InChI=1S/C20H36/c1-15(2)9-11-17(5)19(7)13-14-20(8)18(6)12-10-16(3)4/h9,11,16,18-20H,1,5,10,12-14H2,2-4,6-8H3/b11-9-. The van der Waals surface area contributed by atoms with Crippen LogP contribution in [0.5, 0.6) is 0 Å². The molecule has 0 bridgehead atoms. The van der Waals surface area contributed by atoms with Crippen molar-refractivity contribution in [3.63, 3.8) is 0 Å². The molecule has 0 aromatic rings. The molecule has 3 unspecified atom stereocenters. The van der Waals surface area contributed by atoms with Crippen molar-refractivity contribution in [1.82, 2.24) is 0 Å². The first kappa shape index (κ1) is 19.2. The Morgan fingerprint density at radius 1 is 0.800 bits per heavy atom. The van der Waals surface area contributed by atoms with Crippen molar-refractivity contribution >= 4 is 0 Å². The minimum absolute atomic E-state index is 0.574. The van der Waals surface area contributed by atoms with E-state index in [2.05, 4.69) is 59.9 Å². The molecule has 20 heavy (non-hydrogen) atoms. The first-order chi connectivity index (χ1) is 9.23. The van der Waals surface area contributed by atoms with Crippen molar-refractivity contribution in [3.8, 4) is 0 Å². The van der Waals surface area contributed by atoms with E-state index in [-0.39, 0.29) is 0 Å². The Labute approximate surface area is 128 Å². The summed E-state index contributed by atoms with van der Waals surface area (Å²) in [5.41, 5.74) is 2.32. The van der Waals surface area contributed by atoms with Gasteiger partial charge in [0.25, 0.3) is 0 Å². The van der Waals surface area contributed by atoms with Crippen molar-refractivity contribution < 1.29 is 0 Å². The summed E-state index contributed by atoms with van der Waals surface area (Å²) in [7, 11) is 0. The summed E-state index contributed by atoms with van der Waals surface area (Å²) >= 11 is 0. The molecule has 0 N–H and O–H groups in total. The van der Waals surface area contributed by atoms with Gasteiger partial charge < -0.3 is 0 Å². The second kappa shape index (κ2) is 10.0. The van der Waals surface area contributed by atoms with Gasteiger partial charge in [0.1, 0.15) is 0 Å². The number of hydrogen-bond acceptors (Lipinski definition) is 0. The first-order valence-electron chi connectivity index (χ1n) is 8.26. The maximum atomic E-state index is 4.18. The van der Waals surface area contributed by atoms with E-state index in [1.807, 2.05) is 6.92 Å². The van der Waals surface area contributed by atoms with Crippen LogP contribution in [0.2, 0.25) is 0 Å². The molecule has 0 aliphatic rings. The SMILES string of the molecule is C=C(C)/C=C\C(=C)C(C)CCC(C)C(C)CCC(C)C. The second-order valence-corrected chi connectivity index (χ2v) is 7.16. The van der Waals surface area contributed by atoms with E-state index in [0.717, 1.165) is 23.3 Å². The highest BCUT2D eigenvalue weighted by Crippen LogP contribution is 2.27. The smallest absolute Gasteiger partial charge is 0.0196 e. The molecular formula is C20H36. The highest BCUT2D eigenvalue weighted by Gasteiger charge is 2.14. The Kier molecular flexibility index (Phi) is 9.63. The first-order valence-corrected chi connectivity index (χ1v) is 8.26. The Bertz CT molecular complexity index is 319. The minimum Gasteiger partial charge on any atom is -0.0961 e. The fraction of sp³-hybridized carbons (Fsp3) is 0.700. The Morgan fingerprint density at radius 2 is 1.30 bits per heavy atom. The van der Waals surface area contributed by atoms with Crippen LogP contribution >= 0.6 is 0 Å². The summed E-state index contributed by atoms with van der Waals surface area (Å²) in [4.78, 5) is 0. The number of hydrogen-bond donors (Lipinski definition) is 0. The van der Waals surface area contributed by atoms with E-state index in [0.29, 0.717) is 5.92 Å². The van der Waals surface area contributed by atoms with Gasteiger partial charge in [0.05, 0.1) is 0 Å². The molecule has 0 heterocycles. The predicted molar refractivity (Wildman–Crippen MR) is 93.9 cm³/mol. The molecule has 3 atom stereocenters. The van der Waals surface area contributed by atoms with Crippen LogP contribution in [-0.2, 0) is 0 Å². The van der Waals surface area contributed by atoms with Crippen LogP contribution in [0.25, 0.3) is 0 Å². The molecule has 116 valence electrons. The molecule has 0 rings (SSSR count). The zero-order valence-electron chi connectivity index (χ0n) is 14.7. The van der Waals surface area contributed by atoms with Gasteiger partial charge in [-0.3, -0.25) is 0 Å². The van der Waals surface area contributed by atoms with Crippen molar-refractivity contribution in [3.05, 3.63) is 36.5 Å². The molecule has 0 aliphatic heterocycles. The van der Waals surface area contributed by atoms with Crippen LogP contribution in [0, 0.1) is 23.7 Å². The van der Waals surface area contributed by atoms with Gasteiger partial charge in [-0.1, -0.05) is 83.9 Å². The fourth-order valence-electron chi connectivity index (χ4n) is 2.28. The van der Waals surface area contributed by atoms with Gasteiger partial charge >= 0.3 is 0 Å². The number of rotatable bonds is 10. The van der Waals surface area contributed by atoms with E-state index in [4.69, 9.17) is 0 Å². The van der Waals surface area contributed by atoms with Gasteiger partial charge in [-0.25, -0.2) is 0 Å². The molecule has 0 aromatic heterocycles. The molecule has 0 spiro atoms. The third-order valence-electron chi connectivity index (χ3n) is 4.44. The lowest BCUT2D eigenvalue weighted by Gasteiger charge is -2.22. The molecule has 0 radical (unpaired) electrons. The van der Waals surface area contributed by atoms with E-state index >= 15 is 0 Å². The van der Waals surface area contributed by atoms with E-state index < -0.39 is 0 Å².